The minimum atomic E-state index is 0.529. The number of pyridine rings is 1. The number of aromatic nitrogens is 1. The van der Waals surface area contributed by atoms with Gasteiger partial charge in [-0.05, 0) is 82.9 Å². The number of nitrogens with one attached hydrogen (secondary N) is 1. The molecule has 4 aromatic rings. The van der Waals surface area contributed by atoms with E-state index in [1.165, 1.54) is 0 Å². The van der Waals surface area contributed by atoms with Crippen LogP contribution in [0.15, 0.2) is 85.8 Å². The number of aryl methyl sites for hydroxylation is 1. The van der Waals surface area contributed by atoms with Crippen LogP contribution in [0.25, 0.3) is 10.9 Å². The second-order valence-corrected chi connectivity index (χ2v) is 10.5. The minimum absolute atomic E-state index is 0.529. The maximum atomic E-state index is 5.90. The summed E-state index contributed by atoms with van der Waals surface area (Å²) in [5.74, 6) is 1.93. The third-order valence-electron chi connectivity index (χ3n) is 5.86. The van der Waals surface area contributed by atoms with E-state index in [2.05, 4.69) is 49.3 Å². The third kappa shape index (κ3) is 7.20. The van der Waals surface area contributed by atoms with Crippen LogP contribution in [0.3, 0.4) is 0 Å². The molecule has 8 heteroatoms. The van der Waals surface area contributed by atoms with E-state index < -0.39 is 0 Å². The summed E-state index contributed by atoms with van der Waals surface area (Å²) < 4.78 is 13.3. The predicted octanol–water partition coefficient (Wildman–Crippen LogP) is 8.35. The lowest BCUT2D eigenvalue weighted by atomic mass is 10.2. The van der Waals surface area contributed by atoms with E-state index in [1.807, 2.05) is 73.7 Å². The molecule has 0 aliphatic heterocycles. The van der Waals surface area contributed by atoms with Crippen LogP contribution < -0.4 is 14.9 Å². The molecule has 1 heterocycles. The van der Waals surface area contributed by atoms with Crippen molar-refractivity contribution in [2.75, 3.05) is 13.7 Å². The molecule has 1 N–H and O–H groups in total. The average molecular weight is 638 g/mol. The van der Waals surface area contributed by atoms with Gasteiger partial charge < -0.3 is 9.47 Å². The first kappa shape index (κ1) is 27.8. The molecule has 4 rings (SSSR count). The monoisotopic (exact) mass is 636 g/mol. The molecule has 38 heavy (non-hydrogen) atoms. The molecule has 0 radical (unpaired) electrons. The van der Waals surface area contributed by atoms with Gasteiger partial charge in [-0.25, -0.2) is 9.98 Å². The fourth-order valence-corrected chi connectivity index (χ4v) is 5.40. The minimum Gasteiger partial charge on any atom is -0.493 e. The Labute approximate surface area is 240 Å². The largest absolute Gasteiger partial charge is 0.493 e. The summed E-state index contributed by atoms with van der Waals surface area (Å²) in [6.07, 6.45) is 5.04. The molecule has 3 aromatic carbocycles. The van der Waals surface area contributed by atoms with Crippen molar-refractivity contribution in [1.29, 1.82) is 0 Å². The molecule has 0 saturated heterocycles. The number of para-hydroxylation sites is 1. The number of aliphatic imine (C=N–C) groups is 1. The number of ether oxygens (including phenoxy) is 2. The standard InChI is InChI=1S/C30H30Br2N4O2/c1-4-5-8-15-38-27-14-11-21(17-28(27)37-3)19-33-36-30(35-29-20(2)16-23(31)18-24(29)32)26-13-12-22-9-6-7-10-25(22)34-26/h6-7,9-14,16-19H,4-5,8,15H2,1-3H3,(H,35,36)/b33-19+. The molecule has 0 amide bonds. The maximum absolute atomic E-state index is 5.90. The van der Waals surface area contributed by atoms with Crippen LogP contribution in [-0.2, 0) is 0 Å². The van der Waals surface area contributed by atoms with E-state index in [9.17, 15) is 0 Å². The Bertz CT molecular complexity index is 1450. The summed E-state index contributed by atoms with van der Waals surface area (Å²) in [4.78, 5) is 9.75. The van der Waals surface area contributed by atoms with Gasteiger partial charge >= 0.3 is 0 Å². The lowest BCUT2D eigenvalue weighted by Crippen LogP contribution is -2.20. The van der Waals surface area contributed by atoms with Gasteiger partial charge in [0.05, 0.1) is 31.1 Å². The zero-order valence-corrected chi connectivity index (χ0v) is 24.8. The number of unbranched alkanes of at least 4 members (excludes halogenated alkanes) is 2. The summed E-state index contributed by atoms with van der Waals surface area (Å²) in [5, 5.41) is 5.56. The van der Waals surface area contributed by atoms with Crippen LogP contribution in [0.4, 0.5) is 5.69 Å². The highest BCUT2D eigenvalue weighted by Gasteiger charge is 2.11. The Morgan fingerprint density at radius 3 is 2.63 bits per heavy atom. The first-order valence-electron chi connectivity index (χ1n) is 12.5. The SMILES string of the molecule is CCCCCOc1ccc(/C=N/NC(=Nc2c(C)cc(Br)cc2Br)c2ccc3ccccc3n2)cc1OC. The van der Waals surface area contributed by atoms with Crippen molar-refractivity contribution >= 4 is 60.5 Å². The number of methoxy groups -OCH3 is 1. The fraction of sp³-hybridized carbons (Fsp3) is 0.233. The first-order valence-corrected chi connectivity index (χ1v) is 14.1. The van der Waals surface area contributed by atoms with Crippen LogP contribution in [0.5, 0.6) is 11.5 Å². The molecule has 196 valence electrons. The normalized spacial score (nSPS) is 11.8. The zero-order valence-electron chi connectivity index (χ0n) is 21.7. The summed E-state index contributed by atoms with van der Waals surface area (Å²) >= 11 is 7.18. The number of hydrogen-bond acceptors (Lipinski definition) is 5. The molecular weight excluding hydrogens is 608 g/mol. The number of fused-ring (bicyclic) bond motifs is 1. The van der Waals surface area contributed by atoms with Gasteiger partial charge in [0, 0.05) is 14.3 Å². The molecule has 0 bridgehead atoms. The van der Waals surface area contributed by atoms with Crippen LogP contribution in [0, 0.1) is 6.92 Å². The van der Waals surface area contributed by atoms with E-state index in [4.69, 9.17) is 19.5 Å². The summed E-state index contributed by atoms with van der Waals surface area (Å²) in [5.41, 5.74) is 7.36. The molecule has 0 saturated carbocycles. The molecule has 0 fully saturated rings. The van der Waals surface area contributed by atoms with Gasteiger partial charge in [-0.1, -0.05) is 60.0 Å². The van der Waals surface area contributed by atoms with Crippen molar-refractivity contribution in [3.05, 3.63) is 92.5 Å². The molecule has 1 aromatic heterocycles. The van der Waals surface area contributed by atoms with Gasteiger partial charge in [-0.2, -0.15) is 5.10 Å². The number of rotatable bonds is 10. The Morgan fingerprint density at radius 2 is 1.84 bits per heavy atom. The van der Waals surface area contributed by atoms with E-state index in [-0.39, 0.29) is 0 Å². The second-order valence-electron chi connectivity index (χ2n) is 8.74. The Hall–Kier alpha value is -3.23. The molecule has 0 spiro atoms. The number of benzene rings is 3. The summed E-state index contributed by atoms with van der Waals surface area (Å²) in [6, 6.07) is 21.7. The number of hydrazone groups is 1. The summed E-state index contributed by atoms with van der Waals surface area (Å²) in [6.45, 7) is 4.86. The van der Waals surface area contributed by atoms with Gasteiger partial charge in [-0.15, -0.1) is 0 Å². The van der Waals surface area contributed by atoms with Crippen LogP contribution >= 0.6 is 31.9 Å². The molecular formula is C30H30Br2N4O2. The van der Waals surface area contributed by atoms with Gasteiger partial charge in [-0.3, -0.25) is 5.43 Å². The number of halogens is 2. The van der Waals surface area contributed by atoms with Crippen LogP contribution in [0.2, 0.25) is 0 Å². The lowest BCUT2D eigenvalue weighted by Gasteiger charge is -2.11. The Kier molecular flexibility index (Phi) is 9.90. The maximum Gasteiger partial charge on any atom is 0.173 e. The Morgan fingerprint density at radius 1 is 1.00 bits per heavy atom. The number of amidine groups is 1. The van der Waals surface area contributed by atoms with Gasteiger partial charge in [0.15, 0.2) is 17.3 Å². The van der Waals surface area contributed by atoms with Gasteiger partial charge in [0.1, 0.15) is 5.69 Å². The van der Waals surface area contributed by atoms with Crippen molar-refractivity contribution in [3.8, 4) is 11.5 Å². The molecule has 0 unspecified atom stereocenters. The quantitative estimate of drug-likeness (QED) is 0.0821. The molecule has 0 aliphatic rings. The van der Waals surface area contributed by atoms with Crippen molar-refractivity contribution in [3.63, 3.8) is 0 Å². The lowest BCUT2D eigenvalue weighted by molar-refractivity contribution is 0.286. The van der Waals surface area contributed by atoms with Crippen molar-refractivity contribution in [1.82, 2.24) is 10.4 Å². The number of hydrogen-bond donors (Lipinski definition) is 1. The van der Waals surface area contributed by atoms with E-state index in [0.29, 0.717) is 23.9 Å². The van der Waals surface area contributed by atoms with E-state index >= 15 is 0 Å². The predicted molar refractivity (Wildman–Crippen MR) is 163 cm³/mol. The third-order valence-corrected chi connectivity index (χ3v) is 6.92. The summed E-state index contributed by atoms with van der Waals surface area (Å²) in [7, 11) is 1.64. The molecule has 0 atom stereocenters. The highest BCUT2D eigenvalue weighted by Crippen LogP contribution is 2.33. The molecule has 6 nitrogen and oxygen atoms in total. The van der Waals surface area contributed by atoms with Crippen LogP contribution in [0.1, 0.15) is 43.0 Å². The van der Waals surface area contributed by atoms with Crippen LogP contribution in [-0.4, -0.2) is 30.8 Å². The van der Waals surface area contributed by atoms with Crippen molar-refractivity contribution in [2.45, 2.75) is 33.1 Å². The van der Waals surface area contributed by atoms with Gasteiger partial charge in [0.25, 0.3) is 0 Å². The molecule has 0 aliphatic carbocycles. The first-order chi connectivity index (χ1) is 18.5. The smallest absolute Gasteiger partial charge is 0.173 e. The van der Waals surface area contributed by atoms with Gasteiger partial charge in [0.2, 0.25) is 0 Å². The fourth-order valence-electron chi connectivity index (χ4n) is 3.87. The zero-order chi connectivity index (χ0) is 26.9. The average Bonchev–Trinajstić information content (AvgIpc) is 2.92. The van der Waals surface area contributed by atoms with E-state index in [0.717, 1.165) is 61.7 Å². The second kappa shape index (κ2) is 13.5. The Balaban J connectivity index is 1.62. The highest BCUT2D eigenvalue weighted by atomic mass is 79.9. The topological polar surface area (TPSA) is 68.1 Å². The highest BCUT2D eigenvalue weighted by molar-refractivity contribution is 9.11. The van der Waals surface area contributed by atoms with E-state index in [1.54, 1.807) is 13.3 Å². The van der Waals surface area contributed by atoms with Crippen molar-refractivity contribution < 1.29 is 9.47 Å². The number of nitrogens with zero attached hydrogens (tertiary/aromatic N) is 3. The van der Waals surface area contributed by atoms with Crippen molar-refractivity contribution in [2.24, 2.45) is 10.1 Å².